The van der Waals surface area contributed by atoms with Gasteiger partial charge in [0.15, 0.2) is 0 Å². The Labute approximate surface area is 127 Å². The van der Waals surface area contributed by atoms with E-state index in [1.54, 1.807) is 23.1 Å². The van der Waals surface area contributed by atoms with Gasteiger partial charge in [0.1, 0.15) is 17.4 Å². The van der Waals surface area contributed by atoms with Crippen molar-refractivity contribution in [3.8, 4) is 5.75 Å². The number of rotatable bonds is 7. The normalized spacial score (nSPS) is 14.4. The fraction of sp³-hybridized carbons (Fsp3) is 0.400. The van der Waals surface area contributed by atoms with Gasteiger partial charge in [-0.3, -0.25) is 0 Å². The van der Waals surface area contributed by atoms with E-state index in [1.807, 2.05) is 18.2 Å². The molecule has 2 aromatic rings. The van der Waals surface area contributed by atoms with Gasteiger partial charge in [0.05, 0.1) is 5.69 Å². The Kier molecular flexibility index (Phi) is 4.60. The largest absolute Gasteiger partial charge is 0.486 e. The molecule has 0 saturated heterocycles. The molecule has 0 aliphatic heterocycles. The van der Waals surface area contributed by atoms with E-state index in [0.717, 1.165) is 29.0 Å². The lowest BCUT2D eigenvalue weighted by Gasteiger charge is -2.08. The molecular weight excluding hydrogens is 288 g/mol. The maximum atomic E-state index is 5.87. The number of benzene rings is 1. The first-order valence-electron chi connectivity index (χ1n) is 6.77. The quantitative estimate of drug-likeness (QED) is 0.791. The molecule has 5 heteroatoms. The smallest absolute Gasteiger partial charge is 0.133 e. The van der Waals surface area contributed by atoms with Crippen molar-refractivity contribution in [2.45, 2.75) is 36.9 Å². The molecule has 1 saturated carbocycles. The van der Waals surface area contributed by atoms with Crippen LogP contribution in [-0.2, 0) is 13.2 Å². The van der Waals surface area contributed by atoms with Gasteiger partial charge in [-0.05, 0) is 31.2 Å². The molecule has 1 N–H and O–H groups in total. The van der Waals surface area contributed by atoms with E-state index >= 15 is 0 Å². The highest BCUT2D eigenvalue weighted by molar-refractivity contribution is 7.98. The molecule has 20 heavy (non-hydrogen) atoms. The third kappa shape index (κ3) is 3.75. The summed E-state index contributed by atoms with van der Waals surface area (Å²) in [5.41, 5.74) is 1.01. The van der Waals surface area contributed by atoms with Crippen LogP contribution in [0.15, 0.2) is 34.5 Å². The Bertz CT molecular complexity index is 567. The molecule has 1 aromatic heterocycles. The molecule has 106 valence electrons. The fourth-order valence-electron chi connectivity index (χ4n) is 1.91. The van der Waals surface area contributed by atoms with Crippen LogP contribution in [0.2, 0.25) is 0 Å². The number of aromatic nitrogens is 1. The van der Waals surface area contributed by atoms with Gasteiger partial charge in [-0.2, -0.15) is 0 Å². The van der Waals surface area contributed by atoms with Gasteiger partial charge in [0, 0.05) is 22.9 Å². The molecule has 3 rings (SSSR count). The van der Waals surface area contributed by atoms with Crippen molar-refractivity contribution in [3.63, 3.8) is 0 Å². The summed E-state index contributed by atoms with van der Waals surface area (Å²) in [7, 11) is 0. The summed E-state index contributed by atoms with van der Waals surface area (Å²) in [6, 6.07) is 8.84. The molecule has 3 nitrogen and oxygen atoms in total. The van der Waals surface area contributed by atoms with Gasteiger partial charge in [-0.25, -0.2) is 4.98 Å². The lowest BCUT2D eigenvalue weighted by molar-refractivity contribution is 0.294. The second-order valence-electron chi connectivity index (χ2n) is 4.83. The summed E-state index contributed by atoms with van der Waals surface area (Å²) in [6.07, 6.45) is 4.69. The number of hydrogen-bond acceptors (Lipinski definition) is 5. The third-order valence-electron chi connectivity index (χ3n) is 3.16. The summed E-state index contributed by atoms with van der Waals surface area (Å²) in [5.74, 6) is 0.936. The van der Waals surface area contributed by atoms with E-state index in [9.17, 15) is 0 Å². The molecule has 0 unspecified atom stereocenters. The lowest BCUT2D eigenvalue weighted by atomic mass is 10.3. The van der Waals surface area contributed by atoms with Crippen LogP contribution >= 0.6 is 23.1 Å². The van der Waals surface area contributed by atoms with Crippen LogP contribution in [0.25, 0.3) is 0 Å². The van der Waals surface area contributed by atoms with Crippen molar-refractivity contribution in [2.24, 2.45) is 0 Å². The standard InChI is InChI=1S/C15H18N2OS2/c1-19-14-5-3-2-4-13(14)18-9-12-10-20-15(17-12)8-16-11-6-7-11/h2-5,10-11,16H,6-9H2,1H3. The highest BCUT2D eigenvalue weighted by atomic mass is 32.2. The second-order valence-corrected chi connectivity index (χ2v) is 6.62. The zero-order valence-corrected chi connectivity index (χ0v) is 13.1. The minimum absolute atomic E-state index is 0.539. The van der Waals surface area contributed by atoms with Gasteiger partial charge in [0.2, 0.25) is 0 Å². The monoisotopic (exact) mass is 306 g/mol. The van der Waals surface area contributed by atoms with Crippen LogP contribution in [0.3, 0.4) is 0 Å². The van der Waals surface area contributed by atoms with E-state index in [2.05, 4.69) is 28.0 Å². The highest BCUT2D eigenvalue weighted by Gasteiger charge is 2.20. The van der Waals surface area contributed by atoms with Gasteiger partial charge >= 0.3 is 0 Å². The number of nitrogens with zero attached hydrogens (tertiary/aromatic N) is 1. The number of hydrogen-bond donors (Lipinski definition) is 1. The third-order valence-corrected chi connectivity index (χ3v) is 4.84. The second kappa shape index (κ2) is 6.61. The zero-order valence-electron chi connectivity index (χ0n) is 11.5. The molecule has 0 radical (unpaired) electrons. The van der Waals surface area contributed by atoms with E-state index in [0.29, 0.717) is 6.61 Å². The van der Waals surface area contributed by atoms with Crippen LogP contribution in [0, 0.1) is 0 Å². The average Bonchev–Trinajstić information content (AvgIpc) is 3.21. The first-order chi connectivity index (χ1) is 9.85. The maximum absolute atomic E-state index is 5.87. The fourth-order valence-corrected chi connectivity index (χ4v) is 3.18. The highest BCUT2D eigenvalue weighted by Crippen LogP contribution is 2.27. The number of nitrogens with one attached hydrogen (secondary N) is 1. The number of thioether (sulfide) groups is 1. The number of ether oxygens (including phenoxy) is 1. The van der Waals surface area contributed by atoms with Crippen molar-refractivity contribution in [1.29, 1.82) is 0 Å². The first-order valence-corrected chi connectivity index (χ1v) is 8.88. The van der Waals surface area contributed by atoms with Crippen molar-refractivity contribution in [3.05, 3.63) is 40.3 Å². The van der Waals surface area contributed by atoms with Gasteiger partial charge in [-0.1, -0.05) is 12.1 Å². The molecule has 1 heterocycles. The molecule has 1 fully saturated rings. The molecule has 1 aromatic carbocycles. The van der Waals surface area contributed by atoms with Crippen LogP contribution in [0.5, 0.6) is 5.75 Å². The van der Waals surface area contributed by atoms with E-state index in [-0.39, 0.29) is 0 Å². The molecule has 1 aliphatic rings. The van der Waals surface area contributed by atoms with Crippen molar-refractivity contribution < 1.29 is 4.74 Å². The Balaban J connectivity index is 1.54. The summed E-state index contributed by atoms with van der Waals surface area (Å²) in [6.45, 7) is 1.42. The Morgan fingerprint density at radius 3 is 3.05 bits per heavy atom. The average molecular weight is 306 g/mol. The summed E-state index contributed by atoms with van der Waals surface area (Å²) >= 11 is 3.41. The van der Waals surface area contributed by atoms with Gasteiger partial charge < -0.3 is 10.1 Å². The molecule has 0 spiro atoms. The maximum Gasteiger partial charge on any atom is 0.133 e. The number of thiazole rings is 1. The predicted molar refractivity (Wildman–Crippen MR) is 84.5 cm³/mol. The van der Waals surface area contributed by atoms with Crippen molar-refractivity contribution in [1.82, 2.24) is 10.3 Å². The zero-order chi connectivity index (χ0) is 13.8. The molecule has 0 atom stereocenters. The Morgan fingerprint density at radius 2 is 2.25 bits per heavy atom. The van der Waals surface area contributed by atoms with E-state index < -0.39 is 0 Å². The van der Waals surface area contributed by atoms with Crippen LogP contribution in [-0.4, -0.2) is 17.3 Å². The topological polar surface area (TPSA) is 34.1 Å². The molecule has 0 bridgehead atoms. The van der Waals surface area contributed by atoms with Crippen LogP contribution in [0.1, 0.15) is 23.5 Å². The molecular formula is C15H18N2OS2. The molecule has 1 aliphatic carbocycles. The van der Waals surface area contributed by atoms with E-state index in [1.165, 1.54) is 17.7 Å². The Morgan fingerprint density at radius 1 is 1.40 bits per heavy atom. The van der Waals surface area contributed by atoms with Gasteiger partial charge in [0.25, 0.3) is 0 Å². The summed E-state index contributed by atoms with van der Waals surface area (Å²) in [4.78, 5) is 5.77. The molecule has 0 amide bonds. The summed E-state index contributed by atoms with van der Waals surface area (Å²) in [5, 5.41) is 6.72. The first kappa shape index (κ1) is 13.9. The van der Waals surface area contributed by atoms with Crippen LogP contribution in [0.4, 0.5) is 0 Å². The van der Waals surface area contributed by atoms with Gasteiger partial charge in [-0.15, -0.1) is 23.1 Å². The minimum Gasteiger partial charge on any atom is -0.486 e. The lowest BCUT2D eigenvalue weighted by Crippen LogP contribution is -2.15. The van der Waals surface area contributed by atoms with Crippen molar-refractivity contribution in [2.75, 3.05) is 6.26 Å². The predicted octanol–water partition coefficient (Wildman–Crippen LogP) is 3.70. The number of para-hydroxylation sites is 1. The SMILES string of the molecule is CSc1ccccc1OCc1csc(CNC2CC2)n1. The minimum atomic E-state index is 0.539. The summed E-state index contributed by atoms with van der Waals surface area (Å²) < 4.78 is 5.87. The Hall–Kier alpha value is -1.04. The van der Waals surface area contributed by atoms with E-state index in [4.69, 9.17) is 4.74 Å². The van der Waals surface area contributed by atoms with Crippen molar-refractivity contribution >= 4 is 23.1 Å². The van der Waals surface area contributed by atoms with Crippen LogP contribution < -0.4 is 10.1 Å².